The molecule has 0 aromatic heterocycles. The lowest BCUT2D eigenvalue weighted by Crippen LogP contribution is -2.22. The van der Waals surface area contributed by atoms with Gasteiger partial charge < -0.3 is 10.1 Å². The van der Waals surface area contributed by atoms with Crippen molar-refractivity contribution in [1.82, 2.24) is 0 Å². The fraction of sp³-hybridized carbons (Fsp3) is 0.462. The molecule has 0 saturated heterocycles. The van der Waals surface area contributed by atoms with Gasteiger partial charge in [-0.15, -0.1) is 0 Å². The maximum absolute atomic E-state index is 11.7. The highest BCUT2D eigenvalue weighted by atomic mass is 28.3. The Morgan fingerprint density at radius 3 is 2.29 bits per heavy atom. The van der Waals surface area contributed by atoms with E-state index >= 15 is 0 Å². The SMILES string of the molecule is CNc1ccc(C(=O)OCC[Si](C)(C)C)cc1. The Balaban J connectivity index is 2.47. The van der Waals surface area contributed by atoms with Crippen molar-refractivity contribution in [1.29, 1.82) is 0 Å². The number of carbonyl (C=O) groups is 1. The predicted molar refractivity (Wildman–Crippen MR) is 74.4 cm³/mol. The summed E-state index contributed by atoms with van der Waals surface area (Å²) in [4.78, 5) is 11.7. The van der Waals surface area contributed by atoms with E-state index < -0.39 is 8.07 Å². The van der Waals surface area contributed by atoms with E-state index in [0.717, 1.165) is 11.7 Å². The molecule has 0 saturated carbocycles. The van der Waals surface area contributed by atoms with Crippen LogP contribution < -0.4 is 5.32 Å². The van der Waals surface area contributed by atoms with Gasteiger partial charge in [-0.3, -0.25) is 0 Å². The van der Waals surface area contributed by atoms with Gasteiger partial charge in [0.05, 0.1) is 12.2 Å². The summed E-state index contributed by atoms with van der Waals surface area (Å²) in [6, 6.07) is 8.31. The van der Waals surface area contributed by atoms with Crippen LogP contribution in [0.1, 0.15) is 10.4 Å². The third-order valence-electron chi connectivity index (χ3n) is 2.49. The van der Waals surface area contributed by atoms with E-state index in [1.54, 1.807) is 12.1 Å². The molecule has 0 atom stereocenters. The molecule has 1 aromatic rings. The number of esters is 1. The van der Waals surface area contributed by atoms with Gasteiger partial charge in [0.2, 0.25) is 0 Å². The van der Waals surface area contributed by atoms with Crippen molar-refractivity contribution in [3.8, 4) is 0 Å². The van der Waals surface area contributed by atoms with Crippen LogP contribution in [0.25, 0.3) is 0 Å². The van der Waals surface area contributed by atoms with Crippen molar-refractivity contribution >= 4 is 19.7 Å². The molecule has 1 rings (SSSR count). The Kier molecular flexibility index (Phi) is 4.75. The van der Waals surface area contributed by atoms with Crippen LogP contribution in [0, 0.1) is 0 Å². The van der Waals surface area contributed by atoms with Gasteiger partial charge in [0.15, 0.2) is 0 Å². The Labute approximate surface area is 104 Å². The summed E-state index contributed by atoms with van der Waals surface area (Å²) in [6.45, 7) is 7.33. The quantitative estimate of drug-likeness (QED) is 0.645. The van der Waals surface area contributed by atoms with Crippen LogP contribution in [-0.4, -0.2) is 27.7 Å². The second-order valence-corrected chi connectivity index (χ2v) is 10.9. The molecular weight excluding hydrogens is 230 g/mol. The molecule has 0 unspecified atom stereocenters. The Morgan fingerprint density at radius 2 is 1.82 bits per heavy atom. The van der Waals surface area contributed by atoms with Gasteiger partial charge >= 0.3 is 5.97 Å². The van der Waals surface area contributed by atoms with Gasteiger partial charge in [-0.05, 0) is 30.3 Å². The van der Waals surface area contributed by atoms with E-state index in [-0.39, 0.29) is 5.97 Å². The van der Waals surface area contributed by atoms with E-state index in [9.17, 15) is 4.79 Å². The zero-order valence-electron chi connectivity index (χ0n) is 11.0. The van der Waals surface area contributed by atoms with Crippen LogP contribution in [0.2, 0.25) is 25.7 Å². The molecule has 0 amide bonds. The molecule has 0 heterocycles. The first kappa shape index (κ1) is 13.8. The standard InChI is InChI=1S/C13H21NO2Si/c1-14-12-7-5-11(6-8-12)13(15)16-9-10-17(2,3)4/h5-8,14H,9-10H2,1-4H3. The highest BCUT2D eigenvalue weighted by Crippen LogP contribution is 2.11. The van der Waals surface area contributed by atoms with E-state index in [1.165, 1.54) is 0 Å². The molecule has 17 heavy (non-hydrogen) atoms. The van der Waals surface area contributed by atoms with Crippen molar-refractivity contribution in [2.45, 2.75) is 25.7 Å². The van der Waals surface area contributed by atoms with Crippen molar-refractivity contribution in [2.75, 3.05) is 19.0 Å². The number of carbonyl (C=O) groups excluding carboxylic acids is 1. The van der Waals surface area contributed by atoms with Gasteiger partial charge in [0, 0.05) is 20.8 Å². The van der Waals surface area contributed by atoms with E-state index in [0.29, 0.717) is 12.2 Å². The van der Waals surface area contributed by atoms with E-state index in [2.05, 4.69) is 25.0 Å². The maximum Gasteiger partial charge on any atom is 0.338 e. The Morgan fingerprint density at radius 1 is 1.24 bits per heavy atom. The molecule has 0 bridgehead atoms. The average molecular weight is 251 g/mol. The minimum atomic E-state index is -1.13. The normalized spacial score (nSPS) is 11.1. The summed E-state index contributed by atoms with van der Waals surface area (Å²) in [6.07, 6.45) is 0. The maximum atomic E-state index is 11.7. The first-order chi connectivity index (χ1) is 7.92. The fourth-order valence-corrected chi connectivity index (χ4v) is 2.02. The fourth-order valence-electron chi connectivity index (χ4n) is 1.31. The predicted octanol–water partition coefficient (Wildman–Crippen LogP) is 3.22. The molecule has 4 heteroatoms. The molecule has 0 radical (unpaired) electrons. The van der Waals surface area contributed by atoms with Crippen molar-refractivity contribution in [2.24, 2.45) is 0 Å². The minimum absolute atomic E-state index is 0.231. The second kappa shape index (κ2) is 5.86. The van der Waals surface area contributed by atoms with E-state index in [4.69, 9.17) is 4.74 Å². The van der Waals surface area contributed by atoms with Gasteiger partial charge in [-0.25, -0.2) is 4.79 Å². The zero-order valence-corrected chi connectivity index (χ0v) is 12.0. The van der Waals surface area contributed by atoms with Crippen LogP contribution in [0.5, 0.6) is 0 Å². The van der Waals surface area contributed by atoms with Crippen LogP contribution >= 0.6 is 0 Å². The van der Waals surface area contributed by atoms with Crippen LogP contribution in [0.3, 0.4) is 0 Å². The van der Waals surface area contributed by atoms with Crippen LogP contribution in [0.15, 0.2) is 24.3 Å². The molecule has 3 nitrogen and oxygen atoms in total. The zero-order chi connectivity index (χ0) is 12.9. The Hall–Kier alpha value is -1.29. The third-order valence-corrected chi connectivity index (χ3v) is 4.20. The molecular formula is C13H21NO2Si. The summed E-state index contributed by atoms with van der Waals surface area (Å²) >= 11 is 0. The van der Waals surface area contributed by atoms with Crippen molar-refractivity contribution in [3.63, 3.8) is 0 Å². The smallest absolute Gasteiger partial charge is 0.338 e. The Bertz CT molecular complexity index is 368. The number of benzene rings is 1. The summed E-state index contributed by atoms with van der Waals surface area (Å²) in [5.41, 5.74) is 1.60. The van der Waals surface area contributed by atoms with E-state index in [1.807, 2.05) is 19.2 Å². The second-order valence-electron chi connectivity index (χ2n) is 5.27. The summed E-state index contributed by atoms with van der Waals surface area (Å²) in [7, 11) is 0.722. The highest BCUT2D eigenvalue weighted by Gasteiger charge is 2.14. The number of anilines is 1. The first-order valence-corrected chi connectivity index (χ1v) is 9.58. The lowest BCUT2D eigenvalue weighted by atomic mass is 10.2. The van der Waals surface area contributed by atoms with Crippen LogP contribution in [0.4, 0.5) is 5.69 Å². The number of rotatable bonds is 5. The molecule has 94 valence electrons. The van der Waals surface area contributed by atoms with Gasteiger partial charge in [-0.2, -0.15) is 0 Å². The molecule has 0 fully saturated rings. The largest absolute Gasteiger partial charge is 0.462 e. The van der Waals surface area contributed by atoms with Gasteiger partial charge in [0.25, 0.3) is 0 Å². The summed E-state index contributed by atoms with van der Waals surface area (Å²) in [5.74, 6) is -0.231. The molecule has 0 spiro atoms. The summed E-state index contributed by atoms with van der Waals surface area (Å²) in [5, 5.41) is 3.01. The molecule has 0 aliphatic heterocycles. The number of hydrogen-bond donors (Lipinski definition) is 1. The van der Waals surface area contributed by atoms with Gasteiger partial charge in [0.1, 0.15) is 0 Å². The number of nitrogens with one attached hydrogen (secondary N) is 1. The number of hydrogen-bond acceptors (Lipinski definition) is 3. The molecule has 0 aliphatic carbocycles. The van der Waals surface area contributed by atoms with Crippen molar-refractivity contribution < 1.29 is 9.53 Å². The van der Waals surface area contributed by atoms with Gasteiger partial charge in [-0.1, -0.05) is 19.6 Å². The molecule has 0 aliphatic rings. The van der Waals surface area contributed by atoms with Crippen molar-refractivity contribution in [3.05, 3.63) is 29.8 Å². The third kappa shape index (κ3) is 5.04. The summed E-state index contributed by atoms with van der Waals surface area (Å²) < 4.78 is 5.25. The minimum Gasteiger partial charge on any atom is -0.462 e. The molecule has 1 N–H and O–H groups in total. The lowest BCUT2D eigenvalue weighted by molar-refractivity contribution is 0.0525. The first-order valence-electron chi connectivity index (χ1n) is 5.87. The average Bonchev–Trinajstić information content (AvgIpc) is 2.27. The monoisotopic (exact) mass is 251 g/mol. The topological polar surface area (TPSA) is 38.3 Å². The lowest BCUT2D eigenvalue weighted by Gasteiger charge is -2.15. The number of ether oxygens (including phenoxy) is 1. The van der Waals surface area contributed by atoms with Crippen LogP contribution in [-0.2, 0) is 4.74 Å². The highest BCUT2D eigenvalue weighted by molar-refractivity contribution is 6.76. The molecule has 1 aromatic carbocycles.